The standard InChI is InChI=1S/C20H22N4O3/c1-13-6-4-5-7-16(13)22-18(26)21-15-10-8-14(9-11-15)12-24-19(27)23-17(25)20(24,2)3/h4-11H,12H2,1-3H3,(H2,21,22,26)(H,23,25,27). The number of hydrogen-bond acceptors (Lipinski definition) is 3. The molecule has 0 spiro atoms. The number of nitrogens with zero attached hydrogens (tertiary/aromatic N) is 1. The number of urea groups is 2. The number of benzene rings is 2. The SMILES string of the molecule is Cc1ccccc1NC(=O)Nc1ccc(CN2C(=O)NC(=O)C2(C)C)cc1. The largest absolute Gasteiger partial charge is 0.325 e. The molecule has 0 unspecified atom stereocenters. The quantitative estimate of drug-likeness (QED) is 0.724. The summed E-state index contributed by atoms with van der Waals surface area (Å²) < 4.78 is 0. The van der Waals surface area contributed by atoms with E-state index in [2.05, 4.69) is 16.0 Å². The fraction of sp³-hybridized carbons (Fsp3) is 0.250. The van der Waals surface area contributed by atoms with Crippen molar-refractivity contribution in [2.45, 2.75) is 32.9 Å². The molecule has 0 aromatic heterocycles. The van der Waals surface area contributed by atoms with Crippen LogP contribution in [-0.4, -0.2) is 28.4 Å². The van der Waals surface area contributed by atoms with Gasteiger partial charge in [0, 0.05) is 17.9 Å². The summed E-state index contributed by atoms with van der Waals surface area (Å²) in [5.41, 5.74) is 2.33. The fourth-order valence-electron chi connectivity index (χ4n) is 2.84. The second-order valence-corrected chi connectivity index (χ2v) is 7.00. The topological polar surface area (TPSA) is 90.5 Å². The van der Waals surface area contributed by atoms with E-state index in [4.69, 9.17) is 0 Å². The van der Waals surface area contributed by atoms with Gasteiger partial charge in [0.05, 0.1) is 0 Å². The van der Waals surface area contributed by atoms with Crippen LogP contribution in [0.3, 0.4) is 0 Å². The Morgan fingerprint density at radius 1 is 1.04 bits per heavy atom. The molecule has 2 aromatic rings. The zero-order valence-electron chi connectivity index (χ0n) is 15.5. The predicted molar refractivity (Wildman–Crippen MR) is 103 cm³/mol. The van der Waals surface area contributed by atoms with E-state index in [1.807, 2.05) is 43.3 Å². The Kier molecular flexibility index (Phi) is 4.85. The average molecular weight is 366 g/mol. The molecule has 1 saturated heterocycles. The van der Waals surface area contributed by atoms with Crippen molar-refractivity contribution in [1.29, 1.82) is 0 Å². The number of nitrogens with one attached hydrogen (secondary N) is 3. The molecule has 0 aliphatic carbocycles. The summed E-state index contributed by atoms with van der Waals surface area (Å²) >= 11 is 0. The molecular weight excluding hydrogens is 344 g/mol. The number of carbonyl (C=O) groups is 3. The normalized spacial score (nSPS) is 15.4. The third-order valence-electron chi connectivity index (χ3n) is 4.64. The lowest BCUT2D eigenvalue weighted by Gasteiger charge is -2.27. The second-order valence-electron chi connectivity index (χ2n) is 7.00. The van der Waals surface area contributed by atoms with Gasteiger partial charge < -0.3 is 15.5 Å². The van der Waals surface area contributed by atoms with Gasteiger partial charge in [-0.25, -0.2) is 9.59 Å². The van der Waals surface area contributed by atoms with Crippen molar-refractivity contribution in [3.8, 4) is 0 Å². The summed E-state index contributed by atoms with van der Waals surface area (Å²) in [6.07, 6.45) is 0. The molecular formula is C20H22N4O3. The number of para-hydroxylation sites is 1. The molecule has 0 saturated carbocycles. The van der Waals surface area contributed by atoms with Crippen molar-refractivity contribution in [2.24, 2.45) is 0 Å². The number of hydrogen-bond donors (Lipinski definition) is 3. The highest BCUT2D eigenvalue weighted by atomic mass is 16.2. The molecule has 7 heteroatoms. The molecule has 1 aliphatic heterocycles. The zero-order chi connectivity index (χ0) is 19.6. The van der Waals surface area contributed by atoms with Gasteiger partial charge in [0.15, 0.2) is 0 Å². The lowest BCUT2D eigenvalue weighted by atomic mass is 10.0. The van der Waals surface area contributed by atoms with Crippen molar-refractivity contribution in [1.82, 2.24) is 10.2 Å². The Bertz CT molecular complexity index is 890. The van der Waals surface area contributed by atoms with E-state index >= 15 is 0 Å². The summed E-state index contributed by atoms with van der Waals surface area (Å²) in [5.74, 6) is -0.307. The van der Waals surface area contributed by atoms with Crippen LogP contribution in [0.4, 0.5) is 21.0 Å². The summed E-state index contributed by atoms with van der Waals surface area (Å²) in [7, 11) is 0. The number of carbonyl (C=O) groups excluding carboxylic acids is 3. The fourth-order valence-corrected chi connectivity index (χ4v) is 2.84. The molecule has 27 heavy (non-hydrogen) atoms. The van der Waals surface area contributed by atoms with Gasteiger partial charge in [-0.05, 0) is 50.1 Å². The molecule has 0 bridgehead atoms. The third-order valence-corrected chi connectivity index (χ3v) is 4.64. The minimum atomic E-state index is -0.887. The van der Waals surface area contributed by atoms with E-state index in [1.165, 1.54) is 4.90 Å². The van der Waals surface area contributed by atoms with Crippen molar-refractivity contribution < 1.29 is 14.4 Å². The van der Waals surface area contributed by atoms with Crippen LogP contribution in [-0.2, 0) is 11.3 Å². The van der Waals surface area contributed by atoms with Gasteiger partial charge in [-0.15, -0.1) is 0 Å². The van der Waals surface area contributed by atoms with Crippen LogP contribution in [0.15, 0.2) is 48.5 Å². The molecule has 1 fully saturated rings. The highest BCUT2D eigenvalue weighted by Gasteiger charge is 2.45. The number of anilines is 2. The maximum Gasteiger partial charge on any atom is 0.325 e. The van der Waals surface area contributed by atoms with Gasteiger partial charge in [0.25, 0.3) is 5.91 Å². The van der Waals surface area contributed by atoms with Crippen LogP contribution in [0.5, 0.6) is 0 Å². The lowest BCUT2D eigenvalue weighted by Crippen LogP contribution is -2.43. The monoisotopic (exact) mass is 366 g/mol. The molecule has 140 valence electrons. The number of aryl methyl sites for hydroxylation is 1. The van der Waals surface area contributed by atoms with Crippen LogP contribution in [0.2, 0.25) is 0 Å². The van der Waals surface area contributed by atoms with E-state index in [1.54, 1.807) is 26.0 Å². The van der Waals surface area contributed by atoms with Gasteiger partial charge in [0.2, 0.25) is 0 Å². The van der Waals surface area contributed by atoms with Gasteiger partial charge >= 0.3 is 12.1 Å². The zero-order valence-corrected chi connectivity index (χ0v) is 15.5. The number of imide groups is 1. The molecule has 3 rings (SSSR count). The predicted octanol–water partition coefficient (Wildman–Crippen LogP) is 3.47. The minimum Gasteiger partial charge on any atom is -0.308 e. The van der Waals surface area contributed by atoms with E-state index in [0.29, 0.717) is 12.2 Å². The maximum atomic E-state index is 12.1. The molecule has 0 radical (unpaired) electrons. The molecule has 7 nitrogen and oxygen atoms in total. The first-order valence-electron chi connectivity index (χ1n) is 8.63. The van der Waals surface area contributed by atoms with Crippen LogP contribution in [0.25, 0.3) is 0 Å². The highest BCUT2D eigenvalue weighted by molar-refractivity contribution is 6.06. The first-order chi connectivity index (χ1) is 12.8. The van der Waals surface area contributed by atoms with E-state index in [9.17, 15) is 14.4 Å². The van der Waals surface area contributed by atoms with Gasteiger partial charge in [-0.3, -0.25) is 10.1 Å². The van der Waals surface area contributed by atoms with Crippen LogP contribution in [0.1, 0.15) is 25.0 Å². The Labute approximate surface area is 157 Å². The van der Waals surface area contributed by atoms with Gasteiger partial charge in [-0.1, -0.05) is 30.3 Å². The summed E-state index contributed by atoms with van der Waals surface area (Å²) in [6, 6.07) is 13.9. The maximum absolute atomic E-state index is 12.1. The first-order valence-corrected chi connectivity index (χ1v) is 8.63. The first kappa shape index (κ1) is 18.4. The number of rotatable bonds is 4. The van der Waals surface area contributed by atoms with Crippen molar-refractivity contribution in [2.75, 3.05) is 10.6 Å². The van der Waals surface area contributed by atoms with Crippen molar-refractivity contribution in [3.63, 3.8) is 0 Å². The van der Waals surface area contributed by atoms with Crippen molar-refractivity contribution >= 4 is 29.3 Å². The summed E-state index contributed by atoms with van der Waals surface area (Å²) in [6.45, 7) is 5.64. The Hall–Kier alpha value is -3.35. The van der Waals surface area contributed by atoms with Crippen molar-refractivity contribution in [3.05, 3.63) is 59.7 Å². The molecule has 1 aliphatic rings. The van der Waals surface area contributed by atoms with E-state index < -0.39 is 11.6 Å². The van der Waals surface area contributed by atoms with Crippen LogP contribution < -0.4 is 16.0 Å². The van der Waals surface area contributed by atoms with Gasteiger partial charge in [0.1, 0.15) is 5.54 Å². The second kappa shape index (κ2) is 7.11. The van der Waals surface area contributed by atoms with E-state index in [0.717, 1.165) is 16.8 Å². The third kappa shape index (κ3) is 3.92. The Balaban J connectivity index is 1.62. The van der Waals surface area contributed by atoms with E-state index in [-0.39, 0.29) is 11.9 Å². The average Bonchev–Trinajstić information content (AvgIpc) is 2.80. The highest BCUT2D eigenvalue weighted by Crippen LogP contribution is 2.24. The molecule has 0 atom stereocenters. The molecule has 5 amide bonds. The van der Waals surface area contributed by atoms with Crippen LogP contribution in [0, 0.1) is 6.92 Å². The van der Waals surface area contributed by atoms with Crippen LogP contribution >= 0.6 is 0 Å². The number of amides is 5. The Morgan fingerprint density at radius 3 is 2.30 bits per heavy atom. The summed E-state index contributed by atoms with van der Waals surface area (Å²) in [5, 5.41) is 7.90. The smallest absolute Gasteiger partial charge is 0.308 e. The molecule has 3 N–H and O–H groups in total. The molecule has 2 aromatic carbocycles. The summed E-state index contributed by atoms with van der Waals surface area (Å²) in [4.78, 5) is 37.4. The lowest BCUT2D eigenvalue weighted by molar-refractivity contribution is -0.125. The van der Waals surface area contributed by atoms with Gasteiger partial charge in [-0.2, -0.15) is 0 Å². The molecule has 1 heterocycles. The Morgan fingerprint density at radius 2 is 1.70 bits per heavy atom. The minimum absolute atomic E-state index is 0.306.